The van der Waals surface area contributed by atoms with Crippen molar-refractivity contribution in [2.75, 3.05) is 33.0 Å². The van der Waals surface area contributed by atoms with Crippen molar-refractivity contribution in [1.82, 2.24) is 8.61 Å². The van der Waals surface area contributed by atoms with Crippen molar-refractivity contribution in [2.45, 2.75) is 30.6 Å². The summed E-state index contributed by atoms with van der Waals surface area (Å²) < 4.78 is 52.4. The Morgan fingerprint density at radius 3 is 1.94 bits per heavy atom. The number of nitrogens with one attached hydrogen (secondary N) is 1. The number of hydrogen-bond acceptors (Lipinski definition) is 6. The fourth-order valence-electron chi connectivity index (χ4n) is 2.83. The normalized spacial score (nSPS) is 12.2. The number of amides is 1. The van der Waals surface area contributed by atoms with Gasteiger partial charge < -0.3 is 5.32 Å². The molecule has 0 aliphatic carbocycles. The molecule has 9 nitrogen and oxygen atoms in total. The Morgan fingerprint density at radius 1 is 0.875 bits per heavy atom. The van der Waals surface area contributed by atoms with Gasteiger partial charge in [-0.2, -0.15) is 4.31 Å². The van der Waals surface area contributed by atoms with E-state index in [4.69, 9.17) is 0 Å². The van der Waals surface area contributed by atoms with E-state index in [0.29, 0.717) is 16.7 Å². The number of nitrogens with zero attached hydrogens (tertiary/aromatic N) is 2. The van der Waals surface area contributed by atoms with Gasteiger partial charge in [0.05, 0.1) is 16.3 Å². The van der Waals surface area contributed by atoms with Gasteiger partial charge in [0.2, 0.25) is 26.0 Å². The third-order valence-electron chi connectivity index (χ3n) is 5.03. The van der Waals surface area contributed by atoms with Gasteiger partial charge in [0.25, 0.3) is 0 Å². The van der Waals surface area contributed by atoms with Crippen LogP contribution in [-0.2, 0) is 24.8 Å². The van der Waals surface area contributed by atoms with Gasteiger partial charge in [-0.05, 0) is 56.2 Å². The molecule has 0 atom stereocenters. The van der Waals surface area contributed by atoms with Crippen LogP contribution in [0.3, 0.4) is 0 Å². The predicted molar refractivity (Wildman–Crippen MR) is 122 cm³/mol. The minimum atomic E-state index is -3.97. The maximum atomic E-state index is 12.8. The molecule has 0 fully saturated rings. The van der Waals surface area contributed by atoms with E-state index in [9.17, 15) is 26.4 Å². The van der Waals surface area contributed by atoms with Gasteiger partial charge in [0.1, 0.15) is 0 Å². The van der Waals surface area contributed by atoms with E-state index in [-0.39, 0.29) is 21.3 Å². The Kier molecular flexibility index (Phi) is 7.61. The molecule has 0 saturated heterocycles. The van der Waals surface area contributed by atoms with Crippen LogP contribution in [0.1, 0.15) is 28.4 Å². The number of sulfonamides is 2. The summed E-state index contributed by atoms with van der Waals surface area (Å²) in [4.78, 5) is 23.9. The van der Waals surface area contributed by atoms with Crippen molar-refractivity contribution in [3.05, 3.63) is 53.1 Å². The van der Waals surface area contributed by atoms with Crippen LogP contribution in [0, 0.1) is 13.8 Å². The van der Waals surface area contributed by atoms with Gasteiger partial charge in [0.15, 0.2) is 5.78 Å². The molecule has 0 unspecified atom stereocenters. The molecule has 1 N–H and O–H groups in total. The molecule has 2 aromatic carbocycles. The fourth-order valence-corrected chi connectivity index (χ4v) is 4.98. The van der Waals surface area contributed by atoms with Crippen molar-refractivity contribution >= 4 is 37.4 Å². The summed E-state index contributed by atoms with van der Waals surface area (Å²) in [6.07, 6.45) is 0. The molecule has 2 rings (SSSR count). The van der Waals surface area contributed by atoms with Crippen LogP contribution in [0.15, 0.2) is 46.2 Å². The molecule has 0 heterocycles. The first-order chi connectivity index (χ1) is 14.7. The molecule has 11 heteroatoms. The molecule has 32 heavy (non-hydrogen) atoms. The highest BCUT2D eigenvalue weighted by Gasteiger charge is 2.24. The zero-order chi connectivity index (χ0) is 24.4. The standard InChI is InChI=1S/C21H27N3O6S2/c1-14-11-19(31(27,28)23(4)5)12-20(15(14)2)22-21(26)13-24(6)32(29,30)18-9-7-17(8-10-18)16(3)25/h7-12H,13H2,1-6H3,(H,22,26). The van der Waals surface area contributed by atoms with Crippen molar-refractivity contribution in [3.63, 3.8) is 0 Å². The number of ketones is 1. The molecule has 0 bridgehead atoms. The van der Waals surface area contributed by atoms with Gasteiger partial charge in [-0.15, -0.1) is 0 Å². The number of likely N-dealkylation sites (N-methyl/N-ethyl adjacent to an activating group) is 1. The first-order valence-corrected chi connectivity index (χ1v) is 12.5. The Bertz CT molecular complexity index is 1250. The first-order valence-electron chi connectivity index (χ1n) is 9.59. The molecule has 0 aromatic heterocycles. The van der Waals surface area contributed by atoms with Crippen LogP contribution in [-0.4, -0.2) is 64.8 Å². The summed E-state index contributed by atoms with van der Waals surface area (Å²) in [5, 5.41) is 2.61. The smallest absolute Gasteiger partial charge is 0.243 e. The number of hydrogen-bond donors (Lipinski definition) is 1. The van der Waals surface area contributed by atoms with E-state index < -0.39 is 32.5 Å². The van der Waals surface area contributed by atoms with Gasteiger partial charge >= 0.3 is 0 Å². The second-order valence-electron chi connectivity index (χ2n) is 7.59. The molecule has 2 aromatic rings. The van der Waals surface area contributed by atoms with E-state index in [0.717, 1.165) is 8.61 Å². The maximum Gasteiger partial charge on any atom is 0.243 e. The largest absolute Gasteiger partial charge is 0.325 e. The van der Waals surface area contributed by atoms with Crippen molar-refractivity contribution in [3.8, 4) is 0 Å². The van der Waals surface area contributed by atoms with Gasteiger partial charge in [-0.3, -0.25) is 9.59 Å². The summed E-state index contributed by atoms with van der Waals surface area (Å²) in [5.41, 5.74) is 1.99. The lowest BCUT2D eigenvalue weighted by atomic mass is 10.1. The lowest BCUT2D eigenvalue weighted by Crippen LogP contribution is -2.35. The Balaban J connectivity index is 2.25. The van der Waals surface area contributed by atoms with Crippen LogP contribution in [0.4, 0.5) is 5.69 Å². The second kappa shape index (κ2) is 9.49. The summed E-state index contributed by atoms with van der Waals surface area (Å²) in [5.74, 6) is -0.816. The minimum absolute atomic E-state index is 0.0208. The summed E-state index contributed by atoms with van der Waals surface area (Å²) in [7, 11) is -3.61. The van der Waals surface area contributed by atoms with Crippen LogP contribution >= 0.6 is 0 Å². The number of anilines is 1. The van der Waals surface area contributed by atoms with Gasteiger partial charge in [-0.25, -0.2) is 21.1 Å². The minimum Gasteiger partial charge on any atom is -0.325 e. The van der Waals surface area contributed by atoms with E-state index in [1.165, 1.54) is 64.5 Å². The zero-order valence-corrected chi connectivity index (χ0v) is 20.5. The molecule has 0 saturated carbocycles. The number of aryl methyl sites for hydroxylation is 1. The molecule has 174 valence electrons. The molecule has 0 aliphatic heterocycles. The number of carbonyl (C=O) groups is 2. The molecule has 0 aliphatic rings. The zero-order valence-electron chi connectivity index (χ0n) is 18.8. The fraction of sp³-hybridized carbons (Fsp3) is 0.333. The average molecular weight is 482 g/mol. The predicted octanol–water partition coefficient (Wildman–Crippen LogP) is 2.02. The molecule has 0 spiro atoms. The Hall–Kier alpha value is -2.60. The quantitative estimate of drug-likeness (QED) is 0.576. The Morgan fingerprint density at radius 2 is 1.44 bits per heavy atom. The molecule has 0 radical (unpaired) electrons. The lowest BCUT2D eigenvalue weighted by molar-refractivity contribution is -0.116. The van der Waals surface area contributed by atoms with E-state index in [2.05, 4.69) is 5.32 Å². The number of carbonyl (C=O) groups excluding carboxylic acids is 2. The third-order valence-corrected chi connectivity index (χ3v) is 8.64. The molecular weight excluding hydrogens is 454 g/mol. The van der Waals surface area contributed by atoms with Crippen molar-refractivity contribution in [1.29, 1.82) is 0 Å². The van der Waals surface area contributed by atoms with Gasteiger partial charge in [0, 0.05) is 32.4 Å². The van der Waals surface area contributed by atoms with Crippen molar-refractivity contribution < 1.29 is 26.4 Å². The number of rotatable bonds is 8. The van der Waals surface area contributed by atoms with Crippen LogP contribution in [0.2, 0.25) is 0 Å². The highest BCUT2D eigenvalue weighted by molar-refractivity contribution is 7.89. The van der Waals surface area contributed by atoms with Crippen LogP contribution < -0.4 is 5.32 Å². The molecule has 1 amide bonds. The van der Waals surface area contributed by atoms with Crippen LogP contribution in [0.25, 0.3) is 0 Å². The first kappa shape index (κ1) is 25.7. The Labute approximate surface area is 189 Å². The summed E-state index contributed by atoms with van der Waals surface area (Å²) >= 11 is 0. The second-order valence-corrected chi connectivity index (χ2v) is 11.8. The highest BCUT2D eigenvalue weighted by atomic mass is 32.2. The average Bonchev–Trinajstić information content (AvgIpc) is 2.70. The van der Waals surface area contributed by atoms with Crippen molar-refractivity contribution in [2.24, 2.45) is 0 Å². The van der Waals surface area contributed by atoms with Gasteiger partial charge in [-0.1, -0.05) is 12.1 Å². The van der Waals surface area contributed by atoms with E-state index in [1.54, 1.807) is 13.8 Å². The van der Waals surface area contributed by atoms with E-state index in [1.807, 2.05) is 0 Å². The number of Topliss-reactive ketones (excluding diaryl/α,β-unsaturated/α-hetero) is 1. The summed E-state index contributed by atoms with van der Waals surface area (Å²) in [6.45, 7) is 4.34. The van der Waals surface area contributed by atoms with Crippen LogP contribution in [0.5, 0.6) is 0 Å². The SMILES string of the molecule is CC(=O)c1ccc(S(=O)(=O)N(C)CC(=O)Nc2cc(S(=O)(=O)N(C)C)cc(C)c2C)cc1. The third kappa shape index (κ3) is 5.41. The monoisotopic (exact) mass is 481 g/mol. The number of benzene rings is 2. The maximum absolute atomic E-state index is 12.8. The summed E-state index contributed by atoms with van der Waals surface area (Å²) in [6, 6.07) is 8.30. The lowest BCUT2D eigenvalue weighted by Gasteiger charge is -2.19. The topological polar surface area (TPSA) is 121 Å². The highest BCUT2D eigenvalue weighted by Crippen LogP contribution is 2.25. The van der Waals surface area contributed by atoms with E-state index >= 15 is 0 Å². The molecular formula is C21H27N3O6S2.